The molecule has 5 heteroatoms. The number of anilines is 2. The lowest BCUT2D eigenvalue weighted by atomic mass is 10.2. The van der Waals surface area contributed by atoms with Crippen molar-refractivity contribution in [2.75, 3.05) is 24.3 Å². The van der Waals surface area contributed by atoms with E-state index in [0.29, 0.717) is 11.4 Å². The second-order valence-electron chi connectivity index (χ2n) is 4.37. The highest BCUT2D eigenvalue weighted by atomic mass is 32.1. The SMILES string of the molecule is CN(C)c1ccc(NCc2ccc(C(=O)O)s2)cc1. The van der Waals surface area contributed by atoms with E-state index in [1.165, 1.54) is 11.3 Å². The molecule has 0 amide bonds. The van der Waals surface area contributed by atoms with Crippen LogP contribution in [0, 0.1) is 0 Å². The first-order chi connectivity index (χ1) is 9.06. The molecule has 0 radical (unpaired) electrons. The number of thiophene rings is 1. The van der Waals surface area contributed by atoms with E-state index in [4.69, 9.17) is 5.11 Å². The lowest BCUT2D eigenvalue weighted by Gasteiger charge is -2.13. The first-order valence-electron chi connectivity index (χ1n) is 5.89. The molecule has 0 atom stereocenters. The van der Waals surface area contributed by atoms with E-state index in [1.54, 1.807) is 6.07 Å². The molecule has 2 aromatic rings. The van der Waals surface area contributed by atoms with Gasteiger partial charge in [-0.25, -0.2) is 4.79 Å². The summed E-state index contributed by atoms with van der Waals surface area (Å²) in [4.78, 5) is 14.2. The number of carbonyl (C=O) groups is 1. The molecule has 1 aromatic carbocycles. The van der Waals surface area contributed by atoms with Crippen molar-refractivity contribution in [1.29, 1.82) is 0 Å². The van der Waals surface area contributed by atoms with Crippen LogP contribution in [-0.2, 0) is 6.54 Å². The van der Waals surface area contributed by atoms with Crippen molar-refractivity contribution in [3.05, 3.63) is 46.2 Å². The molecule has 0 spiro atoms. The molecule has 0 aliphatic rings. The van der Waals surface area contributed by atoms with Crippen LogP contribution in [0.2, 0.25) is 0 Å². The van der Waals surface area contributed by atoms with E-state index in [-0.39, 0.29) is 0 Å². The number of nitrogens with one attached hydrogen (secondary N) is 1. The zero-order valence-electron chi connectivity index (χ0n) is 10.9. The summed E-state index contributed by atoms with van der Waals surface area (Å²) in [5, 5.41) is 12.1. The summed E-state index contributed by atoms with van der Waals surface area (Å²) in [6.07, 6.45) is 0. The van der Waals surface area contributed by atoms with Gasteiger partial charge in [0.1, 0.15) is 4.88 Å². The minimum atomic E-state index is -0.869. The van der Waals surface area contributed by atoms with Crippen LogP contribution in [0.4, 0.5) is 11.4 Å². The number of benzene rings is 1. The van der Waals surface area contributed by atoms with E-state index < -0.39 is 5.97 Å². The molecule has 2 rings (SSSR count). The number of carboxylic acid groups (broad SMARTS) is 1. The van der Waals surface area contributed by atoms with E-state index in [9.17, 15) is 4.79 Å². The van der Waals surface area contributed by atoms with Crippen LogP contribution in [-0.4, -0.2) is 25.2 Å². The van der Waals surface area contributed by atoms with Crippen LogP contribution in [0.1, 0.15) is 14.5 Å². The van der Waals surface area contributed by atoms with E-state index in [0.717, 1.165) is 16.3 Å². The number of aromatic carboxylic acids is 1. The number of hydrogen-bond acceptors (Lipinski definition) is 4. The average molecular weight is 276 g/mol. The van der Waals surface area contributed by atoms with Crippen molar-refractivity contribution in [2.24, 2.45) is 0 Å². The Bertz CT molecular complexity index is 561. The number of hydrogen-bond donors (Lipinski definition) is 2. The fourth-order valence-corrected chi connectivity index (χ4v) is 2.44. The van der Waals surface area contributed by atoms with Gasteiger partial charge in [-0.05, 0) is 36.4 Å². The predicted octanol–water partition coefficient (Wildman–Crippen LogP) is 3.12. The van der Waals surface area contributed by atoms with Crippen LogP contribution < -0.4 is 10.2 Å². The maximum absolute atomic E-state index is 10.8. The summed E-state index contributed by atoms with van der Waals surface area (Å²) in [6, 6.07) is 11.6. The first-order valence-corrected chi connectivity index (χ1v) is 6.71. The van der Waals surface area contributed by atoms with Crippen LogP contribution in [0.3, 0.4) is 0 Å². The molecule has 0 aliphatic carbocycles. The maximum Gasteiger partial charge on any atom is 0.345 e. The Hall–Kier alpha value is -2.01. The highest BCUT2D eigenvalue weighted by Crippen LogP contribution is 2.19. The summed E-state index contributed by atoms with van der Waals surface area (Å²) in [5.74, 6) is -0.869. The lowest BCUT2D eigenvalue weighted by Crippen LogP contribution is -2.08. The van der Waals surface area contributed by atoms with Gasteiger partial charge in [-0.15, -0.1) is 11.3 Å². The lowest BCUT2D eigenvalue weighted by molar-refractivity contribution is 0.0702. The molecule has 100 valence electrons. The van der Waals surface area contributed by atoms with Gasteiger partial charge in [0, 0.05) is 36.9 Å². The molecule has 0 bridgehead atoms. The molecule has 0 saturated heterocycles. The van der Waals surface area contributed by atoms with Crippen molar-refractivity contribution in [3.8, 4) is 0 Å². The number of rotatable bonds is 5. The van der Waals surface area contributed by atoms with Gasteiger partial charge in [0.25, 0.3) is 0 Å². The minimum absolute atomic E-state index is 0.375. The van der Waals surface area contributed by atoms with E-state index in [1.807, 2.05) is 49.3 Å². The Kier molecular flexibility index (Phi) is 4.06. The summed E-state index contributed by atoms with van der Waals surface area (Å²) >= 11 is 1.30. The molecule has 0 aliphatic heterocycles. The number of carboxylic acids is 1. The molecule has 2 N–H and O–H groups in total. The van der Waals surface area contributed by atoms with Crippen molar-refractivity contribution in [3.63, 3.8) is 0 Å². The van der Waals surface area contributed by atoms with Crippen LogP contribution in [0.25, 0.3) is 0 Å². The molecule has 4 nitrogen and oxygen atoms in total. The molecular weight excluding hydrogens is 260 g/mol. The summed E-state index contributed by atoms with van der Waals surface area (Å²) in [5.41, 5.74) is 2.17. The molecule has 0 unspecified atom stereocenters. The van der Waals surface area contributed by atoms with Gasteiger partial charge >= 0.3 is 5.97 Å². The van der Waals surface area contributed by atoms with Crippen LogP contribution >= 0.6 is 11.3 Å². The molecule has 0 saturated carbocycles. The maximum atomic E-state index is 10.8. The van der Waals surface area contributed by atoms with Crippen molar-refractivity contribution >= 4 is 28.7 Å². The normalized spacial score (nSPS) is 10.2. The van der Waals surface area contributed by atoms with Crippen LogP contribution in [0.5, 0.6) is 0 Å². The monoisotopic (exact) mass is 276 g/mol. The summed E-state index contributed by atoms with van der Waals surface area (Å²) in [7, 11) is 4.00. The second-order valence-corrected chi connectivity index (χ2v) is 5.53. The Balaban J connectivity index is 1.96. The molecule has 0 fully saturated rings. The average Bonchev–Trinajstić information content (AvgIpc) is 2.86. The van der Waals surface area contributed by atoms with E-state index >= 15 is 0 Å². The fraction of sp³-hybridized carbons (Fsp3) is 0.214. The highest BCUT2D eigenvalue weighted by molar-refractivity contribution is 7.13. The van der Waals surface area contributed by atoms with Gasteiger partial charge in [0.2, 0.25) is 0 Å². The van der Waals surface area contributed by atoms with Crippen molar-refractivity contribution in [1.82, 2.24) is 0 Å². The van der Waals surface area contributed by atoms with E-state index in [2.05, 4.69) is 5.32 Å². The topological polar surface area (TPSA) is 52.6 Å². The third-order valence-electron chi connectivity index (χ3n) is 2.72. The molecule has 1 heterocycles. The summed E-state index contributed by atoms with van der Waals surface area (Å²) < 4.78 is 0. The zero-order valence-corrected chi connectivity index (χ0v) is 11.7. The minimum Gasteiger partial charge on any atom is -0.477 e. The summed E-state index contributed by atoms with van der Waals surface area (Å²) in [6.45, 7) is 0.638. The fourth-order valence-electron chi connectivity index (χ4n) is 1.65. The Labute approximate surface area is 116 Å². The highest BCUT2D eigenvalue weighted by Gasteiger charge is 2.06. The van der Waals surface area contributed by atoms with Gasteiger partial charge < -0.3 is 15.3 Å². The largest absolute Gasteiger partial charge is 0.477 e. The predicted molar refractivity (Wildman–Crippen MR) is 79.4 cm³/mol. The van der Waals surface area contributed by atoms with Gasteiger partial charge in [-0.3, -0.25) is 0 Å². The third-order valence-corrected chi connectivity index (χ3v) is 3.80. The molecule has 19 heavy (non-hydrogen) atoms. The standard InChI is InChI=1S/C14H16N2O2S/c1-16(2)11-5-3-10(4-6-11)15-9-12-7-8-13(19-12)14(17)18/h3-8,15H,9H2,1-2H3,(H,17,18). The van der Waals surface area contributed by atoms with Crippen molar-refractivity contribution in [2.45, 2.75) is 6.54 Å². The molecule has 1 aromatic heterocycles. The van der Waals surface area contributed by atoms with Gasteiger partial charge in [-0.2, -0.15) is 0 Å². The smallest absolute Gasteiger partial charge is 0.345 e. The zero-order chi connectivity index (χ0) is 13.8. The van der Waals surface area contributed by atoms with Crippen LogP contribution in [0.15, 0.2) is 36.4 Å². The van der Waals surface area contributed by atoms with Gasteiger partial charge in [0.15, 0.2) is 0 Å². The van der Waals surface area contributed by atoms with Gasteiger partial charge in [0.05, 0.1) is 0 Å². The Morgan fingerprint density at radius 3 is 2.42 bits per heavy atom. The number of nitrogens with zero attached hydrogens (tertiary/aromatic N) is 1. The second kappa shape index (κ2) is 5.75. The Morgan fingerprint density at radius 2 is 1.89 bits per heavy atom. The Morgan fingerprint density at radius 1 is 1.21 bits per heavy atom. The first kappa shape index (κ1) is 13.4. The van der Waals surface area contributed by atoms with Gasteiger partial charge in [-0.1, -0.05) is 0 Å². The third kappa shape index (κ3) is 3.48. The quantitative estimate of drug-likeness (QED) is 0.881. The van der Waals surface area contributed by atoms with Crippen molar-refractivity contribution < 1.29 is 9.90 Å². The molecular formula is C14H16N2O2S.